The zero-order valence-electron chi connectivity index (χ0n) is 15.4. The third kappa shape index (κ3) is 3.12. The van der Waals surface area contributed by atoms with E-state index in [9.17, 15) is 10.1 Å². The van der Waals surface area contributed by atoms with Crippen molar-refractivity contribution in [1.29, 1.82) is 5.26 Å². The number of nitrogens with zero attached hydrogens (tertiary/aromatic N) is 4. The molecule has 1 aliphatic heterocycles. The van der Waals surface area contributed by atoms with Crippen LogP contribution in [0.1, 0.15) is 16.7 Å². The highest BCUT2D eigenvalue weighted by atomic mass is 16.1. The van der Waals surface area contributed by atoms with Crippen molar-refractivity contribution in [3.8, 4) is 6.07 Å². The van der Waals surface area contributed by atoms with Crippen molar-refractivity contribution < 1.29 is 4.79 Å². The lowest BCUT2D eigenvalue weighted by Gasteiger charge is -2.33. The molecule has 1 aromatic heterocycles. The van der Waals surface area contributed by atoms with Crippen LogP contribution in [0.15, 0.2) is 79.3 Å². The van der Waals surface area contributed by atoms with E-state index < -0.39 is 6.04 Å². The predicted molar refractivity (Wildman–Crippen MR) is 109 cm³/mol. The van der Waals surface area contributed by atoms with E-state index in [0.29, 0.717) is 5.56 Å². The Morgan fingerprint density at radius 3 is 2.54 bits per heavy atom. The summed E-state index contributed by atoms with van der Waals surface area (Å²) >= 11 is 0. The van der Waals surface area contributed by atoms with Gasteiger partial charge in [0.1, 0.15) is 12.3 Å². The number of para-hydroxylation sites is 1. The number of allylic oxidation sites excluding steroid dienone is 2. The van der Waals surface area contributed by atoms with Crippen LogP contribution in [0.2, 0.25) is 0 Å². The molecule has 0 bridgehead atoms. The zero-order chi connectivity index (χ0) is 19.5. The molecule has 3 aromatic rings. The van der Waals surface area contributed by atoms with E-state index in [1.165, 1.54) is 0 Å². The molecule has 2 heterocycles. The van der Waals surface area contributed by atoms with Gasteiger partial charge in [-0.2, -0.15) is 10.4 Å². The Kier molecular flexibility index (Phi) is 4.61. The van der Waals surface area contributed by atoms with Crippen LogP contribution in [0.25, 0.3) is 11.1 Å². The molecule has 0 spiro atoms. The molecular weight excluding hydrogens is 348 g/mol. The van der Waals surface area contributed by atoms with E-state index in [4.69, 9.17) is 0 Å². The predicted octanol–water partition coefficient (Wildman–Crippen LogP) is 3.80. The van der Waals surface area contributed by atoms with Crippen LogP contribution in [0.3, 0.4) is 0 Å². The van der Waals surface area contributed by atoms with Crippen molar-refractivity contribution in [1.82, 2.24) is 9.78 Å². The number of aldehydes is 1. The Hall–Kier alpha value is -3.91. The van der Waals surface area contributed by atoms with Crippen LogP contribution in [-0.2, 0) is 11.8 Å². The summed E-state index contributed by atoms with van der Waals surface area (Å²) in [4.78, 5) is 14.1. The first kappa shape index (κ1) is 17.5. The molecule has 0 N–H and O–H groups in total. The van der Waals surface area contributed by atoms with Gasteiger partial charge in [0.05, 0.1) is 17.8 Å². The summed E-state index contributed by atoms with van der Waals surface area (Å²) in [7, 11) is 1.87. The summed E-state index contributed by atoms with van der Waals surface area (Å²) in [5, 5.41) is 13.8. The van der Waals surface area contributed by atoms with Crippen molar-refractivity contribution in [3.05, 3.63) is 96.0 Å². The van der Waals surface area contributed by atoms with Crippen LogP contribution in [0, 0.1) is 11.3 Å². The van der Waals surface area contributed by atoms with Gasteiger partial charge >= 0.3 is 0 Å². The average Bonchev–Trinajstić information content (AvgIpc) is 3.19. The molecule has 0 fully saturated rings. The van der Waals surface area contributed by atoms with Gasteiger partial charge in [0, 0.05) is 36.3 Å². The lowest BCUT2D eigenvalue weighted by molar-refractivity contribution is -0.107. The van der Waals surface area contributed by atoms with Gasteiger partial charge in [0.2, 0.25) is 0 Å². The van der Waals surface area contributed by atoms with Crippen LogP contribution >= 0.6 is 0 Å². The number of rotatable bonds is 4. The van der Waals surface area contributed by atoms with Gasteiger partial charge in [-0.15, -0.1) is 0 Å². The molecule has 136 valence electrons. The number of nitriles is 1. The number of aromatic nitrogens is 2. The Labute approximate surface area is 163 Å². The number of hydrogen-bond acceptors (Lipinski definition) is 4. The van der Waals surface area contributed by atoms with Crippen molar-refractivity contribution in [3.63, 3.8) is 0 Å². The van der Waals surface area contributed by atoms with Crippen LogP contribution in [0.4, 0.5) is 5.69 Å². The lowest BCUT2D eigenvalue weighted by Crippen LogP contribution is -2.35. The Morgan fingerprint density at radius 1 is 1.11 bits per heavy atom. The molecule has 2 aromatic carbocycles. The minimum absolute atomic E-state index is 0.530. The number of anilines is 1. The smallest absolute Gasteiger partial charge is 0.147 e. The molecule has 4 rings (SSSR count). The maximum Gasteiger partial charge on any atom is 0.147 e. The Balaban J connectivity index is 1.92. The molecule has 28 heavy (non-hydrogen) atoms. The van der Waals surface area contributed by atoms with E-state index in [0.717, 1.165) is 34.2 Å². The number of hydrogen-bond donors (Lipinski definition) is 0. The summed E-state index contributed by atoms with van der Waals surface area (Å²) in [5.74, 6) is 0. The molecule has 1 aliphatic rings. The largest absolute Gasteiger partial charge is 0.333 e. The number of carbonyl (C=O) groups is 1. The van der Waals surface area contributed by atoms with Crippen LogP contribution < -0.4 is 4.90 Å². The third-order valence-electron chi connectivity index (χ3n) is 4.79. The second-order valence-corrected chi connectivity index (χ2v) is 6.57. The highest BCUT2D eigenvalue weighted by molar-refractivity contribution is 5.99. The molecule has 5 heteroatoms. The van der Waals surface area contributed by atoms with E-state index in [1.54, 1.807) is 16.9 Å². The van der Waals surface area contributed by atoms with Gasteiger partial charge in [-0.1, -0.05) is 36.4 Å². The summed E-state index contributed by atoms with van der Waals surface area (Å²) in [5.41, 5.74) is 4.87. The quantitative estimate of drug-likeness (QED) is 0.659. The average molecular weight is 366 g/mol. The Morgan fingerprint density at radius 2 is 1.86 bits per heavy atom. The minimum atomic E-state index is -0.530. The monoisotopic (exact) mass is 366 g/mol. The van der Waals surface area contributed by atoms with Gasteiger partial charge in [-0.3, -0.25) is 4.68 Å². The molecule has 1 unspecified atom stereocenters. The number of carbonyl (C=O) groups excluding carboxylic acids is 1. The first-order valence-corrected chi connectivity index (χ1v) is 8.92. The van der Waals surface area contributed by atoms with Gasteiger partial charge in [-0.25, -0.2) is 0 Å². The molecule has 0 saturated heterocycles. The molecule has 1 atom stereocenters. The fraction of sp³-hybridized carbons (Fsp3) is 0.0870. The van der Waals surface area contributed by atoms with Crippen LogP contribution in [0.5, 0.6) is 0 Å². The second-order valence-electron chi connectivity index (χ2n) is 6.57. The summed E-state index contributed by atoms with van der Waals surface area (Å²) in [6.45, 7) is 0. The fourth-order valence-corrected chi connectivity index (χ4v) is 3.44. The molecule has 5 nitrogen and oxygen atoms in total. The first-order valence-electron chi connectivity index (χ1n) is 8.92. The normalized spacial score (nSPS) is 16.1. The third-order valence-corrected chi connectivity index (χ3v) is 4.79. The molecule has 0 amide bonds. The Bertz CT molecular complexity index is 1120. The van der Waals surface area contributed by atoms with Gasteiger partial charge in [-0.05, 0) is 35.4 Å². The van der Waals surface area contributed by atoms with Gasteiger partial charge in [0.15, 0.2) is 0 Å². The highest BCUT2D eigenvalue weighted by Gasteiger charge is 2.28. The lowest BCUT2D eigenvalue weighted by atomic mass is 9.89. The van der Waals surface area contributed by atoms with Crippen molar-refractivity contribution >= 4 is 23.1 Å². The maximum atomic E-state index is 12.2. The van der Waals surface area contributed by atoms with Crippen molar-refractivity contribution in [2.24, 2.45) is 7.05 Å². The minimum Gasteiger partial charge on any atom is -0.333 e. The van der Waals surface area contributed by atoms with Crippen molar-refractivity contribution in [2.45, 2.75) is 6.04 Å². The SMILES string of the molecule is Cn1cc(C2=CN(c3ccccc3)C(C=O)C(c3ccccc3C#N)=C2)cn1. The summed E-state index contributed by atoms with van der Waals surface area (Å²) in [6, 6.07) is 18.8. The fourth-order valence-electron chi connectivity index (χ4n) is 3.44. The topological polar surface area (TPSA) is 61.9 Å². The summed E-state index contributed by atoms with van der Waals surface area (Å²) < 4.78 is 1.74. The van der Waals surface area contributed by atoms with Crippen LogP contribution in [-0.4, -0.2) is 22.1 Å². The molecule has 0 radical (unpaired) electrons. The second kappa shape index (κ2) is 7.37. The standard InChI is InChI=1S/C23H18N4O/c1-26-14-19(13-25-26)18-11-22(21-10-6-5-7-17(21)12-24)23(16-28)27(15-18)20-8-3-2-4-9-20/h2-11,13-16,23H,1H3. The van der Waals surface area contributed by atoms with E-state index >= 15 is 0 Å². The maximum absolute atomic E-state index is 12.2. The zero-order valence-corrected chi connectivity index (χ0v) is 15.4. The summed E-state index contributed by atoms with van der Waals surface area (Å²) in [6.07, 6.45) is 8.58. The number of benzene rings is 2. The van der Waals surface area contributed by atoms with E-state index in [2.05, 4.69) is 11.2 Å². The van der Waals surface area contributed by atoms with E-state index in [-0.39, 0.29) is 0 Å². The molecule has 0 aliphatic carbocycles. The molecule has 0 saturated carbocycles. The van der Waals surface area contributed by atoms with Gasteiger partial charge < -0.3 is 9.69 Å². The molecular formula is C23H18N4O. The first-order chi connectivity index (χ1) is 13.7. The van der Waals surface area contributed by atoms with Gasteiger partial charge in [0.25, 0.3) is 0 Å². The van der Waals surface area contributed by atoms with E-state index in [1.807, 2.05) is 79.0 Å². The number of aryl methyl sites for hydroxylation is 1. The highest BCUT2D eigenvalue weighted by Crippen LogP contribution is 2.35. The van der Waals surface area contributed by atoms with Crippen molar-refractivity contribution in [2.75, 3.05) is 4.90 Å².